The second-order valence-electron chi connectivity index (χ2n) is 6.65. The van der Waals surface area contributed by atoms with Gasteiger partial charge in [0.1, 0.15) is 6.10 Å². The number of rotatable bonds is 4. The van der Waals surface area contributed by atoms with E-state index in [-0.39, 0.29) is 0 Å². The van der Waals surface area contributed by atoms with Crippen LogP contribution >= 0.6 is 0 Å². The van der Waals surface area contributed by atoms with Gasteiger partial charge in [0.2, 0.25) is 0 Å². The Balaban J connectivity index is 1.53. The van der Waals surface area contributed by atoms with Crippen molar-refractivity contribution in [1.82, 2.24) is 0 Å². The van der Waals surface area contributed by atoms with E-state index in [1.54, 1.807) is 0 Å². The molecule has 0 spiro atoms. The molecule has 3 aromatic carbocycles. The van der Waals surface area contributed by atoms with Gasteiger partial charge in [0.15, 0.2) is 0 Å². The Morgan fingerprint density at radius 2 is 1.19 bits per heavy atom. The van der Waals surface area contributed by atoms with Crippen LogP contribution in [0.4, 0.5) is 0 Å². The number of aliphatic hydroxyl groups is 1. The van der Waals surface area contributed by atoms with Crippen molar-refractivity contribution in [2.45, 2.75) is 18.9 Å². The fraction of sp³-hybridized carbons (Fsp3) is 0.120. The zero-order valence-electron chi connectivity index (χ0n) is 14.7. The molecule has 1 atom stereocenters. The van der Waals surface area contributed by atoms with E-state index in [9.17, 15) is 5.11 Å². The summed E-state index contributed by atoms with van der Waals surface area (Å²) in [7, 11) is 0. The van der Waals surface area contributed by atoms with Crippen molar-refractivity contribution in [1.29, 1.82) is 0 Å². The maximum Gasteiger partial charge on any atom is 0.104 e. The third kappa shape index (κ3) is 3.54. The molecule has 1 heteroatoms. The van der Waals surface area contributed by atoms with Crippen LogP contribution in [-0.4, -0.2) is 5.11 Å². The lowest BCUT2D eigenvalue weighted by atomic mass is 9.95. The molecule has 4 rings (SSSR count). The average molecular weight is 338 g/mol. The van der Waals surface area contributed by atoms with Crippen LogP contribution in [0, 0.1) is 0 Å². The minimum Gasteiger partial charge on any atom is -0.384 e. The van der Waals surface area contributed by atoms with Gasteiger partial charge < -0.3 is 5.11 Å². The molecule has 26 heavy (non-hydrogen) atoms. The minimum atomic E-state index is -0.607. The third-order valence-electron chi connectivity index (χ3n) is 4.89. The molecule has 1 nitrogen and oxygen atoms in total. The average Bonchev–Trinajstić information content (AvgIpc) is 2.75. The van der Waals surface area contributed by atoms with Gasteiger partial charge in [-0.15, -0.1) is 0 Å². The summed E-state index contributed by atoms with van der Waals surface area (Å²) >= 11 is 0. The number of allylic oxidation sites excluding steroid dienone is 4. The summed E-state index contributed by atoms with van der Waals surface area (Å²) in [4.78, 5) is 0. The van der Waals surface area contributed by atoms with Crippen molar-refractivity contribution < 1.29 is 5.11 Å². The van der Waals surface area contributed by atoms with E-state index >= 15 is 0 Å². The molecule has 0 bridgehead atoms. The van der Waals surface area contributed by atoms with Crippen molar-refractivity contribution in [3.05, 3.63) is 114 Å². The van der Waals surface area contributed by atoms with Gasteiger partial charge in [-0.05, 0) is 46.2 Å². The summed E-state index contributed by atoms with van der Waals surface area (Å²) in [6, 6.07) is 26.7. The van der Waals surface area contributed by atoms with Crippen molar-refractivity contribution >= 4 is 5.57 Å². The van der Waals surface area contributed by atoms with Crippen LogP contribution in [-0.2, 0) is 0 Å². The first kappa shape index (κ1) is 16.6. The molecule has 3 aromatic rings. The molecule has 1 unspecified atom stereocenters. The molecule has 1 aliphatic rings. The predicted octanol–water partition coefficient (Wildman–Crippen LogP) is 6.17. The highest BCUT2D eigenvalue weighted by Crippen LogP contribution is 2.28. The Morgan fingerprint density at radius 3 is 1.77 bits per heavy atom. The number of benzene rings is 3. The van der Waals surface area contributed by atoms with Crippen LogP contribution in [0.25, 0.3) is 16.7 Å². The summed E-state index contributed by atoms with van der Waals surface area (Å²) < 4.78 is 0. The van der Waals surface area contributed by atoms with E-state index in [2.05, 4.69) is 54.6 Å². The number of aliphatic hydroxyl groups excluding tert-OH is 1. The van der Waals surface area contributed by atoms with Gasteiger partial charge in [0.25, 0.3) is 0 Å². The molecular weight excluding hydrogens is 316 g/mol. The Kier molecular flexibility index (Phi) is 4.81. The summed E-state index contributed by atoms with van der Waals surface area (Å²) in [5, 5.41) is 10.7. The molecular formula is C25H22O. The number of hydrogen-bond acceptors (Lipinski definition) is 1. The van der Waals surface area contributed by atoms with E-state index < -0.39 is 6.10 Å². The number of hydrogen-bond donors (Lipinski definition) is 1. The lowest BCUT2D eigenvalue weighted by Crippen LogP contribution is -1.99. The standard InChI is InChI=1S/C25H22O/c26-25(23-15-11-21(12-16-23)19-7-3-1-4-8-19)24-17-13-22(14-18-24)20-9-5-2-6-10-20/h1,3-5,7-18,25-26H,2,6H2. The first-order valence-corrected chi connectivity index (χ1v) is 9.12. The quantitative estimate of drug-likeness (QED) is 0.603. The van der Waals surface area contributed by atoms with Gasteiger partial charge in [0, 0.05) is 0 Å². The lowest BCUT2D eigenvalue weighted by Gasteiger charge is -2.14. The van der Waals surface area contributed by atoms with Crippen LogP contribution in [0.2, 0.25) is 0 Å². The van der Waals surface area contributed by atoms with E-state index in [4.69, 9.17) is 0 Å². The Bertz CT molecular complexity index is 916. The van der Waals surface area contributed by atoms with Gasteiger partial charge in [-0.3, -0.25) is 0 Å². The van der Waals surface area contributed by atoms with Gasteiger partial charge in [-0.1, -0.05) is 97.1 Å². The highest BCUT2D eigenvalue weighted by Gasteiger charge is 2.11. The molecule has 0 saturated carbocycles. The topological polar surface area (TPSA) is 20.2 Å². The predicted molar refractivity (Wildman–Crippen MR) is 109 cm³/mol. The zero-order valence-corrected chi connectivity index (χ0v) is 14.7. The maximum atomic E-state index is 10.7. The van der Waals surface area contributed by atoms with E-state index in [0.29, 0.717) is 0 Å². The molecule has 0 aliphatic heterocycles. The fourth-order valence-corrected chi connectivity index (χ4v) is 3.37. The molecule has 0 fully saturated rings. The van der Waals surface area contributed by atoms with Crippen LogP contribution in [0.1, 0.15) is 35.6 Å². The molecule has 0 aromatic heterocycles. The molecule has 0 radical (unpaired) electrons. The maximum absolute atomic E-state index is 10.7. The highest BCUT2D eigenvalue weighted by atomic mass is 16.3. The van der Waals surface area contributed by atoms with Gasteiger partial charge >= 0.3 is 0 Å². The van der Waals surface area contributed by atoms with E-state index in [1.807, 2.05) is 42.5 Å². The summed E-state index contributed by atoms with van der Waals surface area (Å²) in [6.45, 7) is 0. The van der Waals surface area contributed by atoms with Crippen molar-refractivity contribution in [2.24, 2.45) is 0 Å². The zero-order chi connectivity index (χ0) is 17.8. The second kappa shape index (κ2) is 7.55. The molecule has 128 valence electrons. The smallest absolute Gasteiger partial charge is 0.104 e. The molecule has 1 N–H and O–H groups in total. The first-order chi connectivity index (χ1) is 12.8. The normalized spacial score (nSPS) is 14.7. The monoisotopic (exact) mass is 338 g/mol. The van der Waals surface area contributed by atoms with Crippen LogP contribution < -0.4 is 0 Å². The van der Waals surface area contributed by atoms with Crippen molar-refractivity contribution in [2.75, 3.05) is 0 Å². The third-order valence-corrected chi connectivity index (χ3v) is 4.89. The van der Waals surface area contributed by atoms with Crippen LogP contribution in [0.5, 0.6) is 0 Å². The van der Waals surface area contributed by atoms with Crippen molar-refractivity contribution in [3.63, 3.8) is 0 Å². The molecule has 0 amide bonds. The molecule has 0 heterocycles. The Labute approximate surface area is 155 Å². The highest BCUT2D eigenvalue weighted by molar-refractivity contribution is 5.74. The van der Waals surface area contributed by atoms with E-state index in [1.165, 1.54) is 16.7 Å². The van der Waals surface area contributed by atoms with Crippen molar-refractivity contribution in [3.8, 4) is 11.1 Å². The first-order valence-electron chi connectivity index (χ1n) is 9.12. The van der Waals surface area contributed by atoms with Gasteiger partial charge in [0.05, 0.1) is 0 Å². The SMILES string of the molecule is OC(c1ccc(C2=CCCC=C2)cc1)c1ccc(-c2ccccc2)cc1. The summed E-state index contributed by atoms with van der Waals surface area (Å²) in [5.74, 6) is 0. The van der Waals surface area contributed by atoms with Crippen LogP contribution in [0.3, 0.4) is 0 Å². The molecule has 1 aliphatic carbocycles. The van der Waals surface area contributed by atoms with Gasteiger partial charge in [-0.2, -0.15) is 0 Å². The Morgan fingerprint density at radius 1 is 0.615 bits per heavy atom. The second-order valence-corrected chi connectivity index (χ2v) is 6.65. The fourth-order valence-electron chi connectivity index (χ4n) is 3.37. The van der Waals surface area contributed by atoms with Gasteiger partial charge in [-0.25, -0.2) is 0 Å². The van der Waals surface area contributed by atoms with E-state index in [0.717, 1.165) is 29.5 Å². The largest absolute Gasteiger partial charge is 0.384 e. The lowest BCUT2D eigenvalue weighted by molar-refractivity contribution is 0.220. The summed E-state index contributed by atoms with van der Waals surface area (Å²) in [6.07, 6.45) is 8.28. The minimum absolute atomic E-state index is 0.607. The Hall–Kier alpha value is -2.90. The summed E-state index contributed by atoms with van der Waals surface area (Å²) in [5.41, 5.74) is 6.65. The molecule has 0 saturated heterocycles. The van der Waals surface area contributed by atoms with Crippen LogP contribution in [0.15, 0.2) is 97.1 Å².